The van der Waals surface area contributed by atoms with Crippen molar-refractivity contribution in [3.8, 4) is 33.2 Å². The van der Waals surface area contributed by atoms with Crippen molar-refractivity contribution in [1.29, 1.82) is 0 Å². The zero-order valence-electron chi connectivity index (χ0n) is 15.6. The van der Waals surface area contributed by atoms with Gasteiger partial charge in [0, 0.05) is 51.2 Å². The van der Waals surface area contributed by atoms with E-state index in [1.165, 1.54) is 15.8 Å². The van der Waals surface area contributed by atoms with Crippen LogP contribution < -0.4 is 0 Å². The lowest BCUT2D eigenvalue weighted by molar-refractivity contribution is 1.26. The third-order valence-electron chi connectivity index (χ3n) is 4.89. The number of H-pyrrole nitrogens is 1. The Balaban J connectivity index is 1.57. The lowest BCUT2D eigenvalue weighted by atomic mass is 10.1. The van der Waals surface area contributed by atoms with E-state index < -0.39 is 0 Å². The number of nitrogens with zero attached hydrogens (tertiary/aromatic N) is 3. The van der Waals surface area contributed by atoms with Gasteiger partial charge in [0.15, 0.2) is 0 Å². The highest BCUT2D eigenvalue weighted by molar-refractivity contribution is 7.15. The van der Waals surface area contributed by atoms with Crippen molar-refractivity contribution in [1.82, 2.24) is 19.9 Å². The van der Waals surface area contributed by atoms with Crippen LogP contribution in [0.3, 0.4) is 0 Å². The summed E-state index contributed by atoms with van der Waals surface area (Å²) in [6, 6.07) is 16.6. The molecule has 0 fully saturated rings. The van der Waals surface area contributed by atoms with Crippen molar-refractivity contribution < 1.29 is 0 Å². The van der Waals surface area contributed by atoms with E-state index in [4.69, 9.17) is 4.98 Å². The number of benzene rings is 1. The van der Waals surface area contributed by atoms with Gasteiger partial charge in [-0.15, -0.1) is 11.3 Å². The highest BCUT2D eigenvalue weighted by atomic mass is 32.1. The fourth-order valence-corrected chi connectivity index (χ4v) is 4.38. The number of aromatic amines is 1. The monoisotopic (exact) mass is 382 g/mol. The quantitative estimate of drug-likeness (QED) is 0.414. The number of rotatable bonds is 3. The lowest BCUT2D eigenvalue weighted by Gasteiger charge is -2.00. The van der Waals surface area contributed by atoms with Crippen molar-refractivity contribution in [2.24, 2.45) is 0 Å². The molecule has 0 spiro atoms. The molecule has 0 atom stereocenters. The van der Waals surface area contributed by atoms with Gasteiger partial charge in [-0.2, -0.15) is 0 Å². The van der Waals surface area contributed by atoms with Crippen molar-refractivity contribution in [2.45, 2.75) is 13.8 Å². The summed E-state index contributed by atoms with van der Waals surface area (Å²) < 4.78 is 0. The smallest absolute Gasteiger partial charge is 0.142 e. The van der Waals surface area contributed by atoms with Crippen molar-refractivity contribution >= 4 is 22.2 Å². The van der Waals surface area contributed by atoms with Gasteiger partial charge in [0.2, 0.25) is 0 Å². The van der Waals surface area contributed by atoms with Crippen LogP contribution in [-0.2, 0) is 0 Å². The number of thiazole rings is 1. The minimum Gasteiger partial charge on any atom is -0.355 e. The molecule has 4 nitrogen and oxygen atoms in total. The highest BCUT2D eigenvalue weighted by Gasteiger charge is 2.13. The van der Waals surface area contributed by atoms with Crippen LogP contribution in [-0.4, -0.2) is 19.9 Å². The molecule has 0 radical (unpaired) electrons. The number of fused-ring (bicyclic) bond motifs is 1. The summed E-state index contributed by atoms with van der Waals surface area (Å²) >= 11 is 1.68. The van der Waals surface area contributed by atoms with Gasteiger partial charge in [-0.3, -0.25) is 9.97 Å². The van der Waals surface area contributed by atoms with Crippen LogP contribution in [0.1, 0.15) is 10.4 Å². The maximum atomic E-state index is 4.87. The molecule has 5 heteroatoms. The van der Waals surface area contributed by atoms with Crippen LogP contribution in [0.25, 0.3) is 44.1 Å². The van der Waals surface area contributed by atoms with Crippen LogP contribution in [0, 0.1) is 13.8 Å². The van der Waals surface area contributed by atoms with E-state index >= 15 is 0 Å². The number of nitrogens with one attached hydrogen (secondary N) is 1. The third kappa shape index (κ3) is 2.90. The van der Waals surface area contributed by atoms with Crippen molar-refractivity contribution in [2.75, 3.05) is 0 Å². The molecule has 4 heterocycles. The summed E-state index contributed by atoms with van der Waals surface area (Å²) in [5.41, 5.74) is 7.62. The van der Waals surface area contributed by atoms with Gasteiger partial charge in [0.05, 0.1) is 11.4 Å². The highest BCUT2D eigenvalue weighted by Crippen LogP contribution is 2.34. The number of hydrogen-bond donors (Lipinski definition) is 1. The molecule has 0 aliphatic rings. The second-order valence-corrected chi connectivity index (χ2v) is 8.02. The van der Waals surface area contributed by atoms with E-state index in [1.54, 1.807) is 17.5 Å². The predicted octanol–water partition coefficient (Wildman–Crippen LogP) is 6.03. The van der Waals surface area contributed by atoms with Gasteiger partial charge in [0.25, 0.3) is 0 Å². The zero-order valence-corrected chi connectivity index (χ0v) is 16.4. The van der Waals surface area contributed by atoms with Crippen LogP contribution in [0.4, 0.5) is 0 Å². The molecule has 0 aliphatic heterocycles. The van der Waals surface area contributed by atoms with Gasteiger partial charge >= 0.3 is 0 Å². The summed E-state index contributed by atoms with van der Waals surface area (Å²) in [7, 11) is 0. The second-order valence-electron chi connectivity index (χ2n) is 6.81. The molecular formula is C23H18N4S. The first-order valence-electron chi connectivity index (χ1n) is 9.12. The fourth-order valence-electron chi connectivity index (χ4n) is 3.46. The van der Waals surface area contributed by atoms with Crippen LogP contribution in [0.15, 0.2) is 67.1 Å². The van der Waals surface area contributed by atoms with Crippen LogP contribution >= 0.6 is 11.3 Å². The largest absolute Gasteiger partial charge is 0.355 e. The topological polar surface area (TPSA) is 54.5 Å². The fraction of sp³-hybridized carbons (Fsp3) is 0.0870. The Kier molecular flexibility index (Phi) is 4.02. The van der Waals surface area contributed by atoms with E-state index in [1.807, 2.05) is 36.7 Å². The molecule has 5 aromatic rings. The second kappa shape index (κ2) is 6.69. The Morgan fingerprint density at radius 3 is 2.71 bits per heavy atom. The van der Waals surface area contributed by atoms with E-state index in [0.717, 1.165) is 38.7 Å². The Labute approximate surface area is 167 Å². The minimum atomic E-state index is 0.917. The predicted molar refractivity (Wildman–Crippen MR) is 115 cm³/mol. The Bertz CT molecular complexity index is 1280. The van der Waals surface area contributed by atoms with E-state index in [-0.39, 0.29) is 0 Å². The number of pyridine rings is 2. The summed E-state index contributed by atoms with van der Waals surface area (Å²) in [5, 5.41) is 2.13. The van der Waals surface area contributed by atoms with Gasteiger partial charge in [0.1, 0.15) is 5.01 Å². The molecule has 136 valence electrons. The maximum absolute atomic E-state index is 4.87. The zero-order chi connectivity index (χ0) is 19.1. The van der Waals surface area contributed by atoms with Gasteiger partial charge < -0.3 is 4.98 Å². The first-order chi connectivity index (χ1) is 13.7. The normalized spacial score (nSPS) is 11.2. The number of aromatic nitrogens is 4. The van der Waals surface area contributed by atoms with E-state index in [9.17, 15) is 0 Å². The molecule has 1 N–H and O–H groups in total. The minimum absolute atomic E-state index is 0.917. The molecule has 0 saturated heterocycles. The molecule has 0 saturated carbocycles. The number of hydrogen-bond acceptors (Lipinski definition) is 4. The first kappa shape index (κ1) is 16.8. The molecule has 4 aromatic heterocycles. The van der Waals surface area contributed by atoms with Gasteiger partial charge in [-0.1, -0.05) is 12.1 Å². The molecule has 0 aliphatic carbocycles. The van der Waals surface area contributed by atoms with Gasteiger partial charge in [-0.05, 0) is 55.8 Å². The van der Waals surface area contributed by atoms with Crippen LogP contribution in [0.5, 0.6) is 0 Å². The van der Waals surface area contributed by atoms with E-state index in [0.29, 0.717) is 0 Å². The first-order valence-corrected chi connectivity index (χ1v) is 9.93. The van der Waals surface area contributed by atoms with Crippen molar-refractivity contribution in [3.05, 3.63) is 77.6 Å². The van der Waals surface area contributed by atoms with Crippen LogP contribution in [0.2, 0.25) is 0 Å². The molecule has 28 heavy (non-hydrogen) atoms. The molecule has 5 rings (SSSR count). The molecule has 1 aromatic carbocycles. The standard InChI is InChI=1S/C23H18N4S/c1-14-13-24-10-8-18(14)21-12-17-11-16(6-7-19(17)26-21)22-15(2)28-23(27-22)20-5-3-4-9-25-20/h3-13,26H,1-2H3. The number of aryl methyl sites for hydroxylation is 2. The Morgan fingerprint density at radius 2 is 1.89 bits per heavy atom. The van der Waals surface area contributed by atoms with E-state index in [2.05, 4.69) is 53.1 Å². The SMILES string of the molecule is Cc1cnccc1-c1cc2cc(-c3nc(-c4ccccn4)sc3C)ccc2[nH]1. The van der Waals surface area contributed by atoms with Crippen molar-refractivity contribution in [3.63, 3.8) is 0 Å². The Morgan fingerprint density at radius 1 is 0.964 bits per heavy atom. The summed E-state index contributed by atoms with van der Waals surface area (Å²) in [6.45, 7) is 4.20. The Hall–Kier alpha value is -3.31. The van der Waals surface area contributed by atoms with Gasteiger partial charge in [-0.25, -0.2) is 4.98 Å². The lowest BCUT2D eigenvalue weighted by Crippen LogP contribution is -1.83. The average molecular weight is 382 g/mol. The summed E-state index contributed by atoms with van der Waals surface area (Å²) in [6.07, 6.45) is 5.53. The maximum Gasteiger partial charge on any atom is 0.142 e. The molecule has 0 bridgehead atoms. The average Bonchev–Trinajstić information content (AvgIpc) is 3.32. The molecule has 0 unspecified atom stereocenters. The molecule has 0 amide bonds. The molecular weight excluding hydrogens is 364 g/mol. The third-order valence-corrected chi connectivity index (χ3v) is 5.88. The summed E-state index contributed by atoms with van der Waals surface area (Å²) in [4.78, 5) is 18.2. The summed E-state index contributed by atoms with van der Waals surface area (Å²) in [5.74, 6) is 0.